The molecule has 4 nitrogen and oxygen atoms in total. The van der Waals surface area contributed by atoms with Crippen molar-refractivity contribution in [2.24, 2.45) is 0 Å². The fraction of sp³-hybridized carbons (Fsp3) is 0.238. The van der Waals surface area contributed by atoms with Gasteiger partial charge in [0, 0.05) is 11.6 Å². The fourth-order valence-electron chi connectivity index (χ4n) is 3.57. The summed E-state index contributed by atoms with van der Waals surface area (Å²) in [5.74, 6) is 1.56. The van der Waals surface area contributed by atoms with Gasteiger partial charge < -0.3 is 11.1 Å². The maximum atomic E-state index is 6.04. The summed E-state index contributed by atoms with van der Waals surface area (Å²) in [5.41, 5.74) is 11.1. The van der Waals surface area contributed by atoms with Crippen molar-refractivity contribution in [2.75, 3.05) is 11.1 Å². The third kappa shape index (κ3) is 3.37. The third-order valence-corrected chi connectivity index (χ3v) is 5.17. The predicted molar refractivity (Wildman–Crippen MR) is 107 cm³/mol. The molecular weight excluding hydrogens is 344 g/mol. The van der Waals surface area contributed by atoms with E-state index < -0.39 is 0 Å². The second-order valence-corrected chi connectivity index (χ2v) is 7.12. The normalized spacial score (nSPS) is 16.2. The number of aromatic nitrogens is 2. The van der Waals surface area contributed by atoms with Gasteiger partial charge in [-0.1, -0.05) is 41.9 Å². The van der Waals surface area contributed by atoms with Crippen molar-refractivity contribution in [3.8, 4) is 11.3 Å². The van der Waals surface area contributed by atoms with Gasteiger partial charge in [-0.15, -0.1) is 0 Å². The smallest absolute Gasteiger partial charge is 0.130 e. The van der Waals surface area contributed by atoms with Gasteiger partial charge in [-0.25, -0.2) is 9.97 Å². The number of halogens is 1. The number of fused-ring (bicyclic) bond motifs is 1. The Morgan fingerprint density at radius 3 is 2.81 bits per heavy atom. The van der Waals surface area contributed by atoms with E-state index in [4.69, 9.17) is 17.3 Å². The van der Waals surface area contributed by atoms with Gasteiger partial charge >= 0.3 is 0 Å². The van der Waals surface area contributed by atoms with Crippen LogP contribution in [0.2, 0.25) is 5.02 Å². The van der Waals surface area contributed by atoms with Crippen LogP contribution < -0.4 is 11.1 Å². The summed E-state index contributed by atoms with van der Waals surface area (Å²) in [4.78, 5) is 9.15. The molecule has 26 heavy (non-hydrogen) atoms. The summed E-state index contributed by atoms with van der Waals surface area (Å²) in [6, 6.07) is 16.5. The van der Waals surface area contributed by atoms with E-state index in [1.54, 1.807) is 6.07 Å². The monoisotopic (exact) mass is 364 g/mol. The van der Waals surface area contributed by atoms with Crippen molar-refractivity contribution in [3.63, 3.8) is 0 Å². The molecule has 0 amide bonds. The summed E-state index contributed by atoms with van der Waals surface area (Å²) < 4.78 is 0. The average molecular weight is 365 g/mol. The van der Waals surface area contributed by atoms with E-state index >= 15 is 0 Å². The van der Waals surface area contributed by atoms with Gasteiger partial charge in [-0.3, -0.25) is 0 Å². The van der Waals surface area contributed by atoms with Gasteiger partial charge in [0.25, 0.3) is 0 Å². The van der Waals surface area contributed by atoms with Crippen LogP contribution in [-0.2, 0) is 6.42 Å². The largest absolute Gasteiger partial charge is 0.398 e. The summed E-state index contributed by atoms with van der Waals surface area (Å²) in [6.07, 6.45) is 3.43. The van der Waals surface area contributed by atoms with Crippen LogP contribution in [-0.4, -0.2) is 9.97 Å². The number of benzene rings is 2. The minimum Gasteiger partial charge on any atom is -0.398 e. The van der Waals surface area contributed by atoms with E-state index in [2.05, 4.69) is 39.6 Å². The molecule has 0 radical (unpaired) electrons. The van der Waals surface area contributed by atoms with E-state index in [1.807, 2.05) is 25.1 Å². The molecule has 1 aliphatic rings. The lowest BCUT2D eigenvalue weighted by Crippen LogP contribution is -2.18. The average Bonchev–Trinajstić information content (AvgIpc) is 2.64. The lowest BCUT2D eigenvalue weighted by molar-refractivity contribution is 0.598. The van der Waals surface area contributed by atoms with Gasteiger partial charge in [0.05, 0.1) is 22.4 Å². The van der Waals surface area contributed by atoms with E-state index in [9.17, 15) is 0 Å². The number of hydrogen-bond acceptors (Lipinski definition) is 4. The summed E-state index contributed by atoms with van der Waals surface area (Å²) in [6.45, 7) is 1.91. The Bertz CT molecular complexity index is 954. The van der Waals surface area contributed by atoms with E-state index in [0.29, 0.717) is 10.7 Å². The number of nitrogen functional groups attached to an aromatic ring is 1. The van der Waals surface area contributed by atoms with Crippen LogP contribution in [0, 0.1) is 6.92 Å². The molecule has 2 aromatic carbocycles. The number of nitrogens with zero attached hydrogens (tertiary/aromatic N) is 2. The number of aryl methyl sites for hydroxylation is 2. The Labute approximate surface area is 158 Å². The first-order valence-corrected chi connectivity index (χ1v) is 9.23. The number of nitrogens with two attached hydrogens (primary N) is 1. The Balaban J connectivity index is 1.66. The number of anilines is 2. The molecule has 3 aromatic rings. The Morgan fingerprint density at radius 1 is 1.12 bits per heavy atom. The Morgan fingerprint density at radius 2 is 1.96 bits per heavy atom. The minimum atomic E-state index is 0.275. The minimum absolute atomic E-state index is 0.275. The molecule has 1 aliphatic carbocycles. The Hall–Kier alpha value is -2.59. The highest BCUT2D eigenvalue weighted by Crippen LogP contribution is 2.33. The van der Waals surface area contributed by atoms with Crippen molar-refractivity contribution in [2.45, 2.75) is 32.2 Å². The lowest BCUT2D eigenvalue weighted by Gasteiger charge is -2.27. The standard InChI is InChI=1S/C21H21ClN4/c1-13-24-20(15-9-10-17(22)18(23)11-15)12-21(25-13)26-19-8-4-6-14-5-2-3-7-16(14)19/h2-3,5,7,9-12,19H,4,6,8,23H2,1H3,(H,24,25,26). The molecule has 4 rings (SSSR count). The molecule has 0 aliphatic heterocycles. The molecule has 5 heteroatoms. The van der Waals surface area contributed by atoms with Crippen molar-refractivity contribution >= 4 is 23.1 Å². The van der Waals surface area contributed by atoms with Crippen LogP contribution >= 0.6 is 11.6 Å². The molecule has 132 valence electrons. The van der Waals surface area contributed by atoms with Crippen LogP contribution in [0.25, 0.3) is 11.3 Å². The SMILES string of the molecule is Cc1nc(NC2CCCc3ccccc32)cc(-c2ccc(Cl)c(N)c2)n1. The summed E-state index contributed by atoms with van der Waals surface area (Å²) in [7, 11) is 0. The third-order valence-electron chi connectivity index (χ3n) is 4.82. The second kappa shape index (κ2) is 6.96. The van der Waals surface area contributed by atoms with Gasteiger partial charge in [0.2, 0.25) is 0 Å². The molecule has 1 atom stereocenters. The van der Waals surface area contributed by atoms with Crippen molar-refractivity contribution < 1.29 is 0 Å². The fourth-order valence-corrected chi connectivity index (χ4v) is 3.69. The zero-order valence-electron chi connectivity index (χ0n) is 14.7. The molecule has 1 aromatic heterocycles. The van der Waals surface area contributed by atoms with Gasteiger partial charge in [-0.05, 0) is 49.4 Å². The highest BCUT2D eigenvalue weighted by molar-refractivity contribution is 6.33. The highest BCUT2D eigenvalue weighted by Gasteiger charge is 2.20. The maximum absolute atomic E-state index is 6.04. The maximum Gasteiger partial charge on any atom is 0.130 e. The molecule has 0 spiro atoms. The van der Waals surface area contributed by atoms with Crippen LogP contribution in [0.3, 0.4) is 0 Å². The zero-order valence-corrected chi connectivity index (χ0v) is 15.4. The van der Waals surface area contributed by atoms with Gasteiger partial charge in [-0.2, -0.15) is 0 Å². The van der Waals surface area contributed by atoms with E-state index in [-0.39, 0.29) is 6.04 Å². The topological polar surface area (TPSA) is 63.8 Å². The number of rotatable bonds is 3. The predicted octanol–water partition coefficient (Wildman–Crippen LogP) is 5.18. The first kappa shape index (κ1) is 16.9. The quantitative estimate of drug-likeness (QED) is 0.629. The molecule has 0 saturated heterocycles. The molecule has 1 heterocycles. The molecular formula is C21H21ClN4. The summed E-state index contributed by atoms with van der Waals surface area (Å²) in [5, 5.41) is 4.16. The van der Waals surface area contributed by atoms with Crippen LogP contribution in [0.5, 0.6) is 0 Å². The van der Waals surface area contributed by atoms with Gasteiger partial charge in [0.1, 0.15) is 11.6 Å². The molecule has 3 N–H and O–H groups in total. The van der Waals surface area contributed by atoms with E-state index in [1.165, 1.54) is 17.5 Å². The van der Waals surface area contributed by atoms with Crippen molar-refractivity contribution in [3.05, 3.63) is 70.5 Å². The van der Waals surface area contributed by atoms with Gasteiger partial charge in [0.15, 0.2) is 0 Å². The molecule has 1 unspecified atom stereocenters. The molecule has 0 saturated carbocycles. The highest BCUT2D eigenvalue weighted by atomic mass is 35.5. The number of nitrogens with one attached hydrogen (secondary N) is 1. The second-order valence-electron chi connectivity index (χ2n) is 6.71. The van der Waals surface area contributed by atoms with Crippen molar-refractivity contribution in [1.29, 1.82) is 0 Å². The first-order valence-electron chi connectivity index (χ1n) is 8.85. The molecule has 0 bridgehead atoms. The first-order chi connectivity index (χ1) is 12.6. The van der Waals surface area contributed by atoms with Crippen LogP contribution in [0.15, 0.2) is 48.5 Å². The van der Waals surface area contributed by atoms with Crippen LogP contribution in [0.1, 0.15) is 35.8 Å². The lowest BCUT2D eigenvalue weighted by atomic mass is 9.88. The van der Waals surface area contributed by atoms with Crippen LogP contribution in [0.4, 0.5) is 11.5 Å². The zero-order chi connectivity index (χ0) is 18.1. The molecule has 0 fully saturated rings. The Kier molecular flexibility index (Phi) is 4.51. The van der Waals surface area contributed by atoms with E-state index in [0.717, 1.165) is 35.7 Å². The number of hydrogen-bond donors (Lipinski definition) is 2. The van der Waals surface area contributed by atoms with Crippen molar-refractivity contribution in [1.82, 2.24) is 9.97 Å². The summed E-state index contributed by atoms with van der Waals surface area (Å²) >= 11 is 6.04.